The summed E-state index contributed by atoms with van der Waals surface area (Å²) in [6.45, 7) is 10.1. The summed E-state index contributed by atoms with van der Waals surface area (Å²) in [5.41, 5.74) is 1.42. The second-order valence-corrected chi connectivity index (χ2v) is 10.5. The highest BCUT2D eigenvalue weighted by Gasteiger charge is 2.28. The summed E-state index contributed by atoms with van der Waals surface area (Å²) in [7, 11) is 0. The van der Waals surface area contributed by atoms with E-state index in [-0.39, 0.29) is 17.2 Å². The van der Waals surface area contributed by atoms with Crippen LogP contribution in [0.2, 0.25) is 0 Å². The Morgan fingerprint density at radius 2 is 1.73 bits per heavy atom. The van der Waals surface area contributed by atoms with Crippen LogP contribution in [0.15, 0.2) is 48.8 Å². The average Bonchev–Trinajstić information content (AvgIpc) is 3.21. The topological polar surface area (TPSA) is 92.2 Å². The smallest absolute Gasteiger partial charge is 0.272 e. The molecule has 4 rings (SSSR count). The molecular formula is C28H35FN6O2. The van der Waals surface area contributed by atoms with E-state index in [4.69, 9.17) is 0 Å². The molecule has 0 bridgehead atoms. The van der Waals surface area contributed by atoms with E-state index in [1.165, 1.54) is 23.9 Å². The van der Waals surface area contributed by atoms with Crippen molar-refractivity contribution in [3.63, 3.8) is 0 Å². The normalized spacial score (nSPS) is 14.5. The molecule has 0 spiro atoms. The minimum absolute atomic E-state index is 0.0652. The van der Waals surface area contributed by atoms with Gasteiger partial charge in [-0.1, -0.05) is 12.1 Å². The molecule has 2 aromatic heterocycles. The summed E-state index contributed by atoms with van der Waals surface area (Å²) in [5.74, 6) is -0.548. The van der Waals surface area contributed by atoms with Crippen LogP contribution in [0, 0.1) is 18.7 Å². The molecule has 3 heterocycles. The first kappa shape index (κ1) is 26.3. The van der Waals surface area contributed by atoms with Crippen molar-refractivity contribution < 1.29 is 14.0 Å². The molecule has 9 heteroatoms. The zero-order valence-electron chi connectivity index (χ0n) is 21.9. The van der Waals surface area contributed by atoms with Crippen molar-refractivity contribution in [3.05, 3.63) is 71.4 Å². The van der Waals surface area contributed by atoms with Gasteiger partial charge in [-0.15, -0.1) is 0 Å². The lowest BCUT2D eigenvalue weighted by Gasteiger charge is -2.33. The van der Waals surface area contributed by atoms with Gasteiger partial charge in [0.25, 0.3) is 11.8 Å². The zero-order valence-corrected chi connectivity index (χ0v) is 21.9. The molecule has 0 atom stereocenters. The van der Waals surface area contributed by atoms with Crippen molar-refractivity contribution in [1.29, 1.82) is 0 Å². The first-order chi connectivity index (χ1) is 17.6. The zero-order chi connectivity index (χ0) is 26.6. The minimum atomic E-state index is -0.607. The fourth-order valence-corrected chi connectivity index (χ4v) is 4.67. The van der Waals surface area contributed by atoms with Crippen LogP contribution in [0.25, 0.3) is 0 Å². The van der Waals surface area contributed by atoms with Gasteiger partial charge in [0.05, 0.1) is 11.1 Å². The number of rotatable bonds is 7. The molecule has 0 unspecified atom stereocenters. The molecule has 37 heavy (non-hydrogen) atoms. The number of nitrogens with zero attached hydrogens (tertiary/aromatic N) is 4. The van der Waals surface area contributed by atoms with Gasteiger partial charge in [0.1, 0.15) is 11.6 Å². The lowest BCUT2D eigenvalue weighted by atomic mass is 9.93. The molecule has 1 aromatic carbocycles. The molecule has 196 valence electrons. The highest BCUT2D eigenvalue weighted by atomic mass is 19.1. The van der Waals surface area contributed by atoms with Crippen LogP contribution in [0.5, 0.6) is 0 Å². The molecule has 2 N–H and O–H groups in total. The SMILES string of the molecule is Cc1c(C(=O)NCCC2CCN(c3ccncc3)CC2)nn(C(C)(C)C)c1NC(=O)c1ccccc1F. The summed E-state index contributed by atoms with van der Waals surface area (Å²) in [6.07, 6.45) is 6.67. The molecule has 0 saturated carbocycles. The number of aromatic nitrogens is 3. The van der Waals surface area contributed by atoms with Gasteiger partial charge < -0.3 is 15.5 Å². The lowest BCUT2D eigenvalue weighted by Crippen LogP contribution is -2.35. The monoisotopic (exact) mass is 506 g/mol. The standard InChI is InChI=1S/C28H35FN6O2/c1-19-24(27(37)31-16-9-20-12-17-34(18-13-20)21-10-14-30-15-11-21)33-35(28(2,3)4)25(19)32-26(36)22-7-5-6-8-23(22)29/h5-8,10-11,14-15,20H,9,12-13,16-18H2,1-4H3,(H,31,37)(H,32,36). The molecule has 0 radical (unpaired) electrons. The number of hydrogen-bond acceptors (Lipinski definition) is 5. The molecule has 3 aromatic rings. The molecule has 1 aliphatic heterocycles. The summed E-state index contributed by atoms with van der Waals surface area (Å²) in [4.78, 5) is 32.3. The van der Waals surface area contributed by atoms with Gasteiger partial charge in [-0.2, -0.15) is 5.10 Å². The maximum Gasteiger partial charge on any atom is 0.272 e. The quantitative estimate of drug-likeness (QED) is 0.482. The highest BCUT2D eigenvalue weighted by Crippen LogP contribution is 2.28. The lowest BCUT2D eigenvalue weighted by molar-refractivity contribution is 0.0942. The van der Waals surface area contributed by atoms with Crippen LogP contribution < -0.4 is 15.5 Å². The summed E-state index contributed by atoms with van der Waals surface area (Å²) >= 11 is 0. The third-order valence-electron chi connectivity index (χ3n) is 6.80. The molecule has 1 fully saturated rings. The number of pyridine rings is 1. The van der Waals surface area contributed by atoms with E-state index in [9.17, 15) is 14.0 Å². The third-order valence-corrected chi connectivity index (χ3v) is 6.80. The van der Waals surface area contributed by atoms with Crippen molar-refractivity contribution in [1.82, 2.24) is 20.1 Å². The van der Waals surface area contributed by atoms with Crippen molar-refractivity contribution in [3.8, 4) is 0 Å². The Kier molecular flexibility index (Phi) is 7.90. The fraction of sp³-hybridized carbons (Fsp3) is 0.429. The van der Waals surface area contributed by atoms with Crippen molar-refractivity contribution in [2.75, 3.05) is 29.9 Å². The molecule has 0 aliphatic carbocycles. The number of benzene rings is 1. The van der Waals surface area contributed by atoms with Gasteiger partial charge in [0.15, 0.2) is 5.69 Å². The second kappa shape index (κ2) is 11.1. The van der Waals surface area contributed by atoms with Crippen molar-refractivity contribution in [2.45, 2.75) is 52.5 Å². The van der Waals surface area contributed by atoms with Crippen LogP contribution in [0.1, 0.15) is 66.4 Å². The number of carbonyl (C=O) groups excluding carboxylic acids is 2. The van der Waals surface area contributed by atoms with E-state index >= 15 is 0 Å². The molecule has 8 nitrogen and oxygen atoms in total. The van der Waals surface area contributed by atoms with Crippen LogP contribution >= 0.6 is 0 Å². The first-order valence-electron chi connectivity index (χ1n) is 12.7. The minimum Gasteiger partial charge on any atom is -0.371 e. The predicted octanol–water partition coefficient (Wildman–Crippen LogP) is 4.77. The number of halogens is 1. The maximum atomic E-state index is 14.2. The van der Waals surface area contributed by atoms with E-state index < -0.39 is 17.3 Å². The Bertz CT molecular complexity index is 1240. The Labute approximate surface area is 217 Å². The largest absolute Gasteiger partial charge is 0.371 e. The third kappa shape index (κ3) is 6.15. The molecule has 2 amide bonds. The first-order valence-corrected chi connectivity index (χ1v) is 12.7. The second-order valence-electron chi connectivity index (χ2n) is 10.5. The average molecular weight is 507 g/mol. The Hall–Kier alpha value is -3.75. The molecule has 1 aliphatic rings. The number of hydrogen-bond donors (Lipinski definition) is 2. The van der Waals surface area contributed by atoms with Gasteiger partial charge in [-0.25, -0.2) is 9.07 Å². The molecular weight excluding hydrogens is 471 g/mol. The van der Waals surface area contributed by atoms with Crippen LogP contribution in [-0.4, -0.2) is 46.2 Å². The van der Waals surface area contributed by atoms with Gasteiger partial charge in [0.2, 0.25) is 0 Å². The highest BCUT2D eigenvalue weighted by molar-refractivity contribution is 6.05. The van der Waals surface area contributed by atoms with E-state index in [1.54, 1.807) is 17.7 Å². The van der Waals surface area contributed by atoms with Crippen LogP contribution in [0.4, 0.5) is 15.9 Å². The predicted molar refractivity (Wildman–Crippen MR) is 142 cm³/mol. The Balaban J connectivity index is 1.38. The number of carbonyl (C=O) groups is 2. The summed E-state index contributed by atoms with van der Waals surface area (Å²) < 4.78 is 15.8. The summed E-state index contributed by atoms with van der Waals surface area (Å²) in [6, 6.07) is 9.87. The fourth-order valence-electron chi connectivity index (χ4n) is 4.67. The Morgan fingerprint density at radius 1 is 1.05 bits per heavy atom. The van der Waals surface area contributed by atoms with E-state index in [2.05, 4.69) is 25.6 Å². The van der Waals surface area contributed by atoms with Crippen molar-refractivity contribution in [2.24, 2.45) is 5.92 Å². The number of nitrogens with one attached hydrogen (secondary N) is 2. The number of anilines is 2. The number of piperidine rings is 1. The summed E-state index contributed by atoms with van der Waals surface area (Å²) in [5, 5.41) is 10.3. The van der Waals surface area contributed by atoms with Crippen LogP contribution in [-0.2, 0) is 5.54 Å². The van der Waals surface area contributed by atoms with Gasteiger partial charge in [-0.05, 0) is 77.1 Å². The Morgan fingerprint density at radius 3 is 2.38 bits per heavy atom. The maximum absolute atomic E-state index is 14.2. The van der Waals surface area contributed by atoms with Crippen molar-refractivity contribution >= 4 is 23.3 Å². The van der Waals surface area contributed by atoms with Crippen LogP contribution in [0.3, 0.4) is 0 Å². The number of amides is 2. The molecule has 1 saturated heterocycles. The van der Waals surface area contributed by atoms with E-state index in [0.29, 0.717) is 23.8 Å². The van der Waals surface area contributed by atoms with E-state index in [1.807, 2.05) is 45.3 Å². The van der Waals surface area contributed by atoms with Gasteiger partial charge in [-0.3, -0.25) is 14.6 Å². The van der Waals surface area contributed by atoms with Gasteiger partial charge >= 0.3 is 0 Å². The van der Waals surface area contributed by atoms with Gasteiger partial charge in [0, 0.05) is 43.3 Å². The van der Waals surface area contributed by atoms with E-state index in [0.717, 1.165) is 32.4 Å².